The molecule has 0 radical (unpaired) electrons. The van der Waals surface area contributed by atoms with Gasteiger partial charge in [0.25, 0.3) is 5.56 Å². The summed E-state index contributed by atoms with van der Waals surface area (Å²) in [6.45, 7) is 5.66. The van der Waals surface area contributed by atoms with Crippen LogP contribution in [0.25, 0.3) is 11.2 Å². The van der Waals surface area contributed by atoms with Crippen molar-refractivity contribution in [3.8, 4) is 0 Å². The third-order valence-electron chi connectivity index (χ3n) is 4.61. The number of nitrogens with zero attached hydrogens (tertiary/aromatic N) is 5. The number of hydrogen-bond donors (Lipinski definition) is 1. The Morgan fingerprint density at radius 1 is 1.17 bits per heavy atom. The van der Waals surface area contributed by atoms with E-state index in [1.807, 2.05) is 13.8 Å². The smallest absolute Gasteiger partial charge is 0.295 e. The van der Waals surface area contributed by atoms with Crippen LogP contribution in [0.3, 0.4) is 0 Å². The zero-order chi connectivity index (χ0) is 21.2. The fourth-order valence-electron chi connectivity index (χ4n) is 2.73. The van der Waals surface area contributed by atoms with Gasteiger partial charge in [-0.15, -0.1) is 0 Å². The number of sulfone groups is 1. The van der Waals surface area contributed by atoms with Crippen LogP contribution in [0.15, 0.2) is 34.2 Å². The standard InChI is InChI=1S/C18H21ClN6O3S/c1-4-11(3)25-16-14(10-22-18(19)24-16)23-15(17(25)26)21-8-12-6-7-13(9-20-12)29(27,28)5-2/h6-7,9-11H,4-5,8H2,1-3H3,(H,21,23)/t11-/m1/s1. The summed E-state index contributed by atoms with van der Waals surface area (Å²) in [5, 5.41) is 3.03. The fourth-order valence-corrected chi connectivity index (χ4v) is 3.68. The first-order valence-electron chi connectivity index (χ1n) is 9.13. The summed E-state index contributed by atoms with van der Waals surface area (Å²) in [4.78, 5) is 29.7. The van der Waals surface area contributed by atoms with Crippen LogP contribution in [0.1, 0.15) is 38.9 Å². The molecule has 11 heteroatoms. The maximum absolute atomic E-state index is 13.0. The van der Waals surface area contributed by atoms with Crippen LogP contribution in [0.2, 0.25) is 5.28 Å². The molecule has 0 spiro atoms. The van der Waals surface area contributed by atoms with Crippen LogP contribution < -0.4 is 10.9 Å². The Hall–Kier alpha value is -2.59. The van der Waals surface area contributed by atoms with Gasteiger partial charge in [0.2, 0.25) is 5.28 Å². The first-order chi connectivity index (χ1) is 13.8. The predicted octanol–water partition coefficient (Wildman–Crippen LogP) is 2.61. The second kappa shape index (κ2) is 8.42. The largest absolute Gasteiger partial charge is 0.360 e. The van der Waals surface area contributed by atoms with E-state index in [4.69, 9.17) is 11.6 Å². The Bertz CT molecular complexity index is 1190. The summed E-state index contributed by atoms with van der Waals surface area (Å²) in [6, 6.07) is 2.99. The van der Waals surface area contributed by atoms with Gasteiger partial charge in [0, 0.05) is 12.2 Å². The van der Waals surface area contributed by atoms with E-state index in [0.29, 0.717) is 16.9 Å². The maximum Gasteiger partial charge on any atom is 0.295 e. The van der Waals surface area contributed by atoms with E-state index in [0.717, 1.165) is 6.42 Å². The van der Waals surface area contributed by atoms with Crippen LogP contribution in [0.5, 0.6) is 0 Å². The van der Waals surface area contributed by atoms with E-state index in [-0.39, 0.29) is 39.9 Å². The predicted molar refractivity (Wildman–Crippen MR) is 111 cm³/mol. The zero-order valence-electron chi connectivity index (χ0n) is 16.3. The van der Waals surface area contributed by atoms with E-state index in [1.165, 1.54) is 18.5 Å². The molecule has 3 rings (SSSR count). The van der Waals surface area contributed by atoms with Crippen LogP contribution in [-0.2, 0) is 16.4 Å². The van der Waals surface area contributed by atoms with Crippen molar-refractivity contribution >= 4 is 38.4 Å². The number of halogens is 1. The minimum Gasteiger partial charge on any atom is -0.360 e. The number of aromatic nitrogens is 5. The van der Waals surface area contributed by atoms with Gasteiger partial charge < -0.3 is 5.32 Å². The summed E-state index contributed by atoms with van der Waals surface area (Å²) >= 11 is 5.90. The zero-order valence-corrected chi connectivity index (χ0v) is 17.8. The Morgan fingerprint density at radius 3 is 2.55 bits per heavy atom. The summed E-state index contributed by atoms with van der Waals surface area (Å²) in [6.07, 6.45) is 3.50. The molecule has 3 aromatic heterocycles. The molecule has 154 valence electrons. The SMILES string of the molecule is CC[C@@H](C)n1c(=O)c(NCc2ccc(S(=O)(=O)CC)cn2)nc2cnc(Cl)nc21. The lowest BCUT2D eigenvalue weighted by Crippen LogP contribution is -2.28. The Kier molecular flexibility index (Phi) is 6.13. The third-order valence-corrected chi connectivity index (χ3v) is 6.51. The van der Waals surface area contributed by atoms with Crippen molar-refractivity contribution < 1.29 is 8.42 Å². The van der Waals surface area contributed by atoms with Gasteiger partial charge in [0.05, 0.1) is 29.1 Å². The molecular weight excluding hydrogens is 416 g/mol. The second-order valence-corrected chi connectivity index (χ2v) is 9.10. The minimum absolute atomic E-state index is 0.00846. The van der Waals surface area contributed by atoms with Gasteiger partial charge in [-0.05, 0) is 37.1 Å². The fraction of sp³-hybridized carbons (Fsp3) is 0.389. The monoisotopic (exact) mass is 436 g/mol. The average Bonchev–Trinajstić information content (AvgIpc) is 2.72. The number of pyridine rings is 1. The van der Waals surface area contributed by atoms with Gasteiger partial charge >= 0.3 is 0 Å². The Balaban J connectivity index is 1.94. The van der Waals surface area contributed by atoms with Crippen molar-refractivity contribution in [1.29, 1.82) is 0 Å². The number of anilines is 1. The van der Waals surface area contributed by atoms with Crippen molar-refractivity contribution in [2.75, 3.05) is 11.1 Å². The highest BCUT2D eigenvalue weighted by molar-refractivity contribution is 7.91. The lowest BCUT2D eigenvalue weighted by Gasteiger charge is -2.17. The van der Waals surface area contributed by atoms with Crippen molar-refractivity contribution in [3.05, 3.63) is 45.9 Å². The molecule has 3 heterocycles. The molecule has 0 aliphatic rings. The molecule has 0 aromatic carbocycles. The summed E-state index contributed by atoms with van der Waals surface area (Å²) in [5.41, 5.74) is 1.06. The van der Waals surface area contributed by atoms with Crippen LogP contribution in [-0.4, -0.2) is 38.7 Å². The van der Waals surface area contributed by atoms with Crippen LogP contribution >= 0.6 is 11.6 Å². The molecule has 0 amide bonds. The first-order valence-corrected chi connectivity index (χ1v) is 11.2. The number of rotatable bonds is 7. The van der Waals surface area contributed by atoms with Gasteiger partial charge in [-0.3, -0.25) is 14.3 Å². The van der Waals surface area contributed by atoms with Gasteiger partial charge in [0.15, 0.2) is 21.3 Å². The topological polar surface area (TPSA) is 120 Å². The molecule has 0 saturated carbocycles. The van der Waals surface area contributed by atoms with Crippen molar-refractivity contribution in [2.24, 2.45) is 0 Å². The summed E-state index contributed by atoms with van der Waals surface area (Å²) in [7, 11) is -3.31. The van der Waals surface area contributed by atoms with E-state index in [9.17, 15) is 13.2 Å². The van der Waals surface area contributed by atoms with E-state index in [2.05, 4.69) is 25.3 Å². The normalized spacial score (nSPS) is 12.8. The average molecular weight is 437 g/mol. The summed E-state index contributed by atoms with van der Waals surface area (Å²) < 4.78 is 25.3. The van der Waals surface area contributed by atoms with Crippen molar-refractivity contribution in [2.45, 2.75) is 44.7 Å². The number of fused-ring (bicyclic) bond motifs is 1. The second-order valence-electron chi connectivity index (χ2n) is 6.48. The third kappa shape index (κ3) is 4.38. The molecule has 0 aliphatic heterocycles. The lowest BCUT2D eigenvalue weighted by atomic mass is 10.2. The van der Waals surface area contributed by atoms with Gasteiger partial charge in [0.1, 0.15) is 5.52 Å². The molecule has 1 N–H and O–H groups in total. The molecule has 0 bridgehead atoms. The highest BCUT2D eigenvalue weighted by Gasteiger charge is 2.17. The van der Waals surface area contributed by atoms with E-state index < -0.39 is 9.84 Å². The molecule has 0 unspecified atom stereocenters. The highest BCUT2D eigenvalue weighted by Crippen LogP contribution is 2.18. The highest BCUT2D eigenvalue weighted by atomic mass is 35.5. The van der Waals surface area contributed by atoms with E-state index in [1.54, 1.807) is 17.6 Å². The molecule has 3 aromatic rings. The lowest BCUT2D eigenvalue weighted by molar-refractivity contribution is 0.526. The quantitative estimate of drug-likeness (QED) is 0.561. The van der Waals surface area contributed by atoms with Crippen LogP contribution in [0.4, 0.5) is 5.82 Å². The molecule has 9 nitrogen and oxygen atoms in total. The van der Waals surface area contributed by atoms with Crippen molar-refractivity contribution in [1.82, 2.24) is 24.5 Å². The van der Waals surface area contributed by atoms with Crippen molar-refractivity contribution in [3.63, 3.8) is 0 Å². The molecule has 0 fully saturated rings. The maximum atomic E-state index is 13.0. The summed E-state index contributed by atoms with van der Waals surface area (Å²) in [5.74, 6) is 0.143. The van der Waals surface area contributed by atoms with Crippen LogP contribution in [0, 0.1) is 0 Å². The number of nitrogens with one attached hydrogen (secondary N) is 1. The number of hydrogen-bond acceptors (Lipinski definition) is 8. The van der Waals surface area contributed by atoms with E-state index >= 15 is 0 Å². The van der Waals surface area contributed by atoms with Gasteiger partial charge in [-0.25, -0.2) is 18.4 Å². The first kappa shape index (κ1) is 21.1. The van der Waals surface area contributed by atoms with Gasteiger partial charge in [-0.1, -0.05) is 13.8 Å². The molecule has 0 saturated heterocycles. The Morgan fingerprint density at radius 2 is 1.93 bits per heavy atom. The minimum atomic E-state index is -3.31. The molecule has 1 atom stereocenters. The Labute approximate surface area is 173 Å². The molecular formula is C18H21ClN6O3S. The van der Waals surface area contributed by atoms with Gasteiger partial charge in [-0.2, -0.15) is 4.98 Å². The molecule has 0 aliphatic carbocycles. The molecule has 29 heavy (non-hydrogen) atoms.